The maximum absolute atomic E-state index is 13.3. The van der Waals surface area contributed by atoms with Gasteiger partial charge in [-0.05, 0) is 37.0 Å². The Morgan fingerprint density at radius 2 is 1.86 bits per heavy atom. The van der Waals surface area contributed by atoms with E-state index in [1.54, 1.807) is 13.2 Å². The molecule has 3 atom stereocenters. The number of benzene rings is 2. The van der Waals surface area contributed by atoms with Crippen molar-refractivity contribution >= 4 is 12.0 Å². The number of amides is 1. The standard InChI is InChI=1S/C25H29NO3/c1-29-22-13-6-5-11-20(22)24-21-12-7-8-16-25(21,28)17-18-26(24)23(27)15-14-19-9-3-2-4-10-19/h2-6,9-11,13-15,21,24,28H,7-8,12,16-18H2,1H3/b15-14+/t21-,24+,25-/m0/s1. The molecule has 4 rings (SSSR count). The quantitative estimate of drug-likeness (QED) is 0.775. The summed E-state index contributed by atoms with van der Waals surface area (Å²) in [6.45, 7) is 0.549. The first kappa shape index (κ1) is 19.7. The minimum atomic E-state index is -0.705. The fourth-order valence-electron chi connectivity index (χ4n) is 5.05. The summed E-state index contributed by atoms with van der Waals surface area (Å²) in [5.74, 6) is 0.782. The lowest BCUT2D eigenvalue weighted by Crippen LogP contribution is -2.56. The number of carbonyl (C=O) groups excluding carboxylic acids is 1. The lowest BCUT2D eigenvalue weighted by atomic mass is 9.66. The molecular weight excluding hydrogens is 362 g/mol. The fraction of sp³-hybridized carbons (Fsp3) is 0.400. The Balaban J connectivity index is 1.69. The summed E-state index contributed by atoms with van der Waals surface area (Å²) in [5.41, 5.74) is 1.28. The molecule has 0 bridgehead atoms. The lowest BCUT2D eigenvalue weighted by molar-refractivity contribution is -0.151. The van der Waals surface area contributed by atoms with Crippen molar-refractivity contribution in [3.05, 3.63) is 71.8 Å². The second-order valence-electron chi connectivity index (χ2n) is 8.17. The van der Waals surface area contributed by atoms with E-state index in [2.05, 4.69) is 0 Å². The molecular formula is C25H29NO3. The van der Waals surface area contributed by atoms with Crippen LogP contribution in [-0.2, 0) is 4.79 Å². The van der Waals surface area contributed by atoms with E-state index in [0.717, 1.165) is 42.6 Å². The van der Waals surface area contributed by atoms with Crippen LogP contribution in [0.25, 0.3) is 6.08 Å². The molecule has 1 aliphatic heterocycles. The van der Waals surface area contributed by atoms with Crippen LogP contribution in [0.4, 0.5) is 0 Å². The summed E-state index contributed by atoms with van der Waals surface area (Å²) in [7, 11) is 1.66. The largest absolute Gasteiger partial charge is 0.496 e. The Morgan fingerprint density at radius 1 is 1.10 bits per heavy atom. The van der Waals surface area contributed by atoms with E-state index < -0.39 is 5.60 Å². The number of fused-ring (bicyclic) bond motifs is 1. The van der Waals surface area contributed by atoms with Gasteiger partial charge in [-0.25, -0.2) is 0 Å². The van der Waals surface area contributed by atoms with Crippen LogP contribution >= 0.6 is 0 Å². The number of piperidine rings is 1. The van der Waals surface area contributed by atoms with Gasteiger partial charge >= 0.3 is 0 Å². The van der Waals surface area contributed by atoms with Gasteiger partial charge in [0.2, 0.25) is 5.91 Å². The molecule has 0 unspecified atom stereocenters. The molecule has 2 fully saturated rings. The summed E-state index contributed by atoms with van der Waals surface area (Å²) < 4.78 is 5.63. The zero-order chi connectivity index (χ0) is 20.3. The predicted molar refractivity (Wildman–Crippen MR) is 114 cm³/mol. The molecule has 0 spiro atoms. The van der Waals surface area contributed by atoms with Gasteiger partial charge in [0, 0.05) is 24.1 Å². The van der Waals surface area contributed by atoms with Crippen LogP contribution in [0.5, 0.6) is 5.75 Å². The molecule has 0 aromatic heterocycles. The highest BCUT2D eigenvalue weighted by atomic mass is 16.5. The van der Waals surface area contributed by atoms with Crippen molar-refractivity contribution in [2.45, 2.75) is 43.7 Å². The number of rotatable bonds is 4. The van der Waals surface area contributed by atoms with Gasteiger partial charge in [0.25, 0.3) is 0 Å². The monoisotopic (exact) mass is 391 g/mol. The van der Waals surface area contributed by atoms with Gasteiger partial charge in [-0.3, -0.25) is 4.79 Å². The molecule has 29 heavy (non-hydrogen) atoms. The van der Waals surface area contributed by atoms with Crippen molar-refractivity contribution in [2.75, 3.05) is 13.7 Å². The van der Waals surface area contributed by atoms with Gasteiger partial charge in [-0.15, -0.1) is 0 Å². The van der Waals surface area contributed by atoms with Crippen LogP contribution in [0, 0.1) is 5.92 Å². The first-order valence-corrected chi connectivity index (χ1v) is 10.5. The van der Waals surface area contributed by atoms with Crippen LogP contribution < -0.4 is 4.74 Å². The molecule has 1 aliphatic carbocycles. The fourth-order valence-corrected chi connectivity index (χ4v) is 5.05. The molecule has 1 heterocycles. The Morgan fingerprint density at radius 3 is 2.66 bits per heavy atom. The van der Waals surface area contributed by atoms with E-state index >= 15 is 0 Å². The third-order valence-corrected chi connectivity index (χ3v) is 6.53. The number of hydrogen-bond acceptors (Lipinski definition) is 3. The number of hydrogen-bond donors (Lipinski definition) is 1. The lowest BCUT2D eigenvalue weighted by Gasteiger charge is -2.52. The van der Waals surface area contributed by atoms with Gasteiger partial charge in [0.05, 0.1) is 18.8 Å². The number of ether oxygens (including phenoxy) is 1. The smallest absolute Gasteiger partial charge is 0.247 e. The molecule has 4 heteroatoms. The number of nitrogens with zero attached hydrogens (tertiary/aromatic N) is 1. The van der Waals surface area contributed by atoms with Crippen LogP contribution in [0.3, 0.4) is 0 Å². The van der Waals surface area contributed by atoms with E-state index in [1.165, 1.54) is 0 Å². The third kappa shape index (κ3) is 3.95. The van der Waals surface area contributed by atoms with E-state index in [-0.39, 0.29) is 17.9 Å². The first-order chi connectivity index (χ1) is 14.1. The topological polar surface area (TPSA) is 49.8 Å². The molecule has 1 N–H and O–H groups in total. The van der Waals surface area contributed by atoms with Crippen molar-refractivity contribution in [1.82, 2.24) is 4.90 Å². The number of aliphatic hydroxyl groups is 1. The van der Waals surface area contributed by atoms with Crippen LogP contribution in [-0.4, -0.2) is 35.2 Å². The van der Waals surface area contributed by atoms with Gasteiger partial charge in [0.15, 0.2) is 0 Å². The summed E-state index contributed by atoms with van der Waals surface area (Å²) >= 11 is 0. The zero-order valence-corrected chi connectivity index (χ0v) is 17.0. The summed E-state index contributed by atoms with van der Waals surface area (Å²) in [5, 5.41) is 11.4. The number of likely N-dealkylation sites (tertiary alicyclic amines) is 1. The molecule has 2 aromatic rings. The van der Waals surface area contributed by atoms with E-state index in [0.29, 0.717) is 13.0 Å². The van der Waals surface area contributed by atoms with Crippen molar-refractivity contribution in [3.63, 3.8) is 0 Å². The highest BCUT2D eigenvalue weighted by Crippen LogP contribution is 2.50. The van der Waals surface area contributed by atoms with E-state index in [1.807, 2.05) is 65.6 Å². The average Bonchev–Trinajstić information content (AvgIpc) is 2.77. The second kappa shape index (κ2) is 8.42. The van der Waals surface area contributed by atoms with Crippen LogP contribution in [0.1, 0.15) is 49.3 Å². The van der Waals surface area contributed by atoms with Gasteiger partial charge < -0.3 is 14.7 Å². The van der Waals surface area contributed by atoms with Crippen LogP contribution in [0.15, 0.2) is 60.7 Å². The predicted octanol–water partition coefficient (Wildman–Crippen LogP) is 4.60. The molecule has 0 radical (unpaired) electrons. The summed E-state index contributed by atoms with van der Waals surface area (Å²) in [6, 6.07) is 17.6. The Kier molecular flexibility index (Phi) is 5.72. The number of methoxy groups -OCH3 is 1. The summed E-state index contributed by atoms with van der Waals surface area (Å²) in [6.07, 6.45) is 8.02. The van der Waals surface area contributed by atoms with Crippen molar-refractivity contribution in [1.29, 1.82) is 0 Å². The van der Waals surface area contributed by atoms with Crippen LogP contribution in [0.2, 0.25) is 0 Å². The summed E-state index contributed by atoms with van der Waals surface area (Å²) in [4.78, 5) is 15.2. The Labute approximate surface area is 172 Å². The minimum Gasteiger partial charge on any atom is -0.496 e. The highest BCUT2D eigenvalue weighted by Gasteiger charge is 2.50. The Bertz CT molecular complexity index is 879. The third-order valence-electron chi connectivity index (χ3n) is 6.53. The molecule has 1 saturated carbocycles. The zero-order valence-electron chi connectivity index (χ0n) is 17.0. The number of carbonyl (C=O) groups is 1. The Hall–Kier alpha value is -2.59. The molecule has 1 amide bonds. The highest BCUT2D eigenvalue weighted by molar-refractivity contribution is 5.92. The average molecular weight is 392 g/mol. The minimum absolute atomic E-state index is 0.0163. The van der Waals surface area contributed by atoms with E-state index in [4.69, 9.17) is 4.74 Å². The normalized spacial score (nSPS) is 26.9. The SMILES string of the molecule is COc1ccccc1[C@@H]1[C@@H]2CCCC[C@]2(O)CCN1C(=O)/C=C/c1ccccc1. The molecule has 1 saturated heterocycles. The van der Waals surface area contributed by atoms with Gasteiger partial charge in [0.1, 0.15) is 5.75 Å². The van der Waals surface area contributed by atoms with Gasteiger partial charge in [-0.2, -0.15) is 0 Å². The molecule has 4 nitrogen and oxygen atoms in total. The van der Waals surface area contributed by atoms with Crippen molar-refractivity contribution in [3.8, 4) is 5.75 Å². The maximum atomic E-state index is 13.3. The molecule has 2 aromatic carbocycles. The second-order valence-corrected chi connectivity index (χ2v) is 8.17. The van der Waals surface area contributed by atoms with E-state index in [9.17, 15) is 9.90 Å². The molecule has 152 valence electrons. The first-order valence-electron chi connectivity index (χ1n) is 10.5. The van der Waals surface area contributed by atoms with Crippen molar-refractivity contribution in [2.24, 2.45) is 5.92 Å². The van der Waals surface area contributed by atoms with Crippen molar-refractivity contribution < 1.29 is 14.6 Å². The maximum Gasteiger partial charge on any atom is 0.247 e. The van der Waals surface area contributed by atoms with Gasteiger partial charge in [-0.1, -0.05) is 61.4 Å². The number of para-hydroxylation sites is 1. The molecule has 2 aliphatic rings.